The third kappa shape index (κ3) is 4.18. The SMILES string of the molecule is CCCN(CCC)c1nc(N(CC)c2ccc(OC)cc2Cl)nc2c1COC2. The zero-order valence-corrected chi connectivity index (χ0v) is 17.9. The average Bonchev–Trinajstić information content (AvgIpc) is 3.17. The Morgan fingerprint density at radius 3 is 2.46 bits per heavy atom. The molecule has 0 unspecified atom stereocenters. The smallest absolute Gasteiger partial charge is 0.232 e. The molecule has 0 fully saturated rings. The van der Waals surface area contributed by atoms with E-state index in [1.807, 2.05) is 23.1 Å². The molecule has 1 aromatic heterocycles. The highest BCUT2D eigenvalue weighted by Gasteiger charge is 2.25. The maximum absolute atomic E-state index is 6.54. The lowest BCUT2D eigenvalue weighted by atomic mass is 10.2. The number of rotatable bonds is 9. The van der Waals surface area contributed by atoms with E-state index in [2.05, 4.69) is 25.7 Å². The normalized spacial score (nSPS) is 12.8. The molecule has 1 aliphatic rings. The fourth-order valence-electron chi connectivity index (χ4n) is 3.52. The van der Waals surface area contributed by atoms with E-state index in [0.29, 0.717) is 30.7 Å². The zero-order chi connectivity index (χ0) is 20.1. The maximum Gasteiger partial charge on any atom is 0.232 e. The molecule has 0 spiro atoms. The molecule has 2 aromatic rings. The first-order valence-corrected chi connectivity index (χ1v) is 10.3. The van der Waals surface area contributed by atoms with Crippen molar-refractivity contribution in [2.75, 3.05) is 36.5 Å². The van der Waals surface area contributed by atoms with Gasteiger partial charge in [-0.25, -0.2) is 4.98 Å². The van der Waals surface area contributed by atoms with Crippen molar-refractivity contribution in [2.45, 2.75) is 46.8 Å². The molecule has 0 saturated carbocycles. The van der Waals surface area contributed by atoms with E-state index in [0.717, 1.165) is 54.4 Å². The quantitative estimate of drug-likeness (QED) is 0.589. The van der Waals surface area contributed by atoms with Crippen LogP contribution in [-0.4, -0.2) is 36.7 Å². The number of ether oxygens (including phenoxy) is 2. The number of nitrogens with zero attached hydrogens (tertiary/aromatic N) is 4. The van der Waals surface area contributed by atoms with Crippen molar-refractivity contribution in [1.82, 2.24) is 9.97 Å². The summed E-state index contributed by atoms with van der Waals surface area (Å²) in [7, 11) is 1.63. The number of aromatic nitrogens is 2. The van der Waals surface area contributed by atoms with Crippen LogP contribution in [0.4, 0.5) is 17.5 Å². The first-order valence-electron chi connectivity index (χ1n) is 9.96. The van der Waals surface area contributed by atoms with Gasteiger partial charge >= 0.3 is 0 Å². The van der Waals surface area contributed by atoms with Gasteiger partial charge in [-0.05, 0) is 31.9 Å². The standard InChI is InChI=1S/C21H29ClN4O2/c1-5-10-25(11-6-2)20-16-13-28-14-18(16)23-21(24-20)26(7-3)19-9-8-15(27-4)12-17(19)22/h8-9,12H,5-7,10-11,13-14H2,1-4H3. The van der Waals surface area contributed by atoms with Crippen molar-refractivity contribution in [3.05, 3.63) is 34.5 Å². The van der Waals surface area contributed by atoms with Gasteiger partial charge in [-0.3, -0.25) is 0 Å². The molecule has 3 rings (SSSR count). The minimum absolute atomic E-state index is 0.526. The van der Waals surface area contributed by atoms with Gasteiger partial charge in [0.15, 0.2) is 0 Å². The van der Waals surface area contributed by atoms with Crippen molar-refractivity contribution < 1.29 is 9.47 Å². The van der Waals surface area contributed by atoms with Crippen molar-refractivity contribution >= 4 is 29.1 Å². The molecule has 0 saturated heterocycles. The molecule has 0 aliphatic carbocycles. The first kappa shape index (κ1) is 20.7. The van der Waals surface area contributed by atoms with E-state index >= 15 is 0 Å². The molecule has 0 amide bonds. The van der Waals surface area contributed by atoms with Gasteiger partial charge < -0.3 is 19.3 Å². The van der Waals surface area contributed by atoms with Gasteiger partial charge in [0.2, 0.25) is 5.95 Å². The van der Waals surface area contributed by atoms with E-state index < -0.39 is 0 Å². The Kier molecular flexibility index (Phi) is 6.97. The number of methoxy groups -OCH3 is 1. The fourth-order valence-corrected chi connectivity index (χ4v) is 3.79. The van der Waals surface area contributed by atoms with Gasteiger partial charge in [0.05, 0.1) is 36.7 Å². The Hall–Kier alpha value is -2.05. The van der Waals surface area contributed by atoms with Crippen molar-refractivity contribution in [2.24, 2.45) is 0 Å². The molecular formula is C21H29ClN4O2. The summed E-state index contributed by atoms with van der Waals surface area (Å²) in [5, 5.41) is 0.613. The van der Waals surface area contributed by atoms with Gasteiger partial charge in [0, 0.05) is 31.3 Å². The lowest BCUT2D eigenvalue weighted by Gasteiger charge is -2.28. The molecular weight excluding hydrogens is 376 g/mol. The van der Waals surface area contributed by atoms with Crippen molar-refractivity contribution in [3.63, 3.8) is 0 Å². The Labute approximate surface area is 172 Å². The molecule has 7 heteroatoms. The minimum Gasteiger partial charge on any atom is -0.497 e. The molecule has 152 valence electrons. The second kappa shape index (κ2) is 9.43. The van der Waals surface area contributed by atoms with Crippen LogP contribution in [0.25, 0.3) is 0 Å². The second-order valence-corrected chi connectivity index (χ2v) is 7.22. The van der Waals surface area contributed by atoms with Crippen molar-refractivity contribution in [3.8, 4) is 5.75 Å². The van der Waals surface area contributed by atoms with Crippen LogP contribution < -0.4 is 14.5 Å². The molecule has 0 bridgehead atoms. The third-order valence-electron chi connectivity index (χ3n) is 4.83. The topological polar surface area (TPSA) is 50.7 Å². The van der Waals surface area contributed by atoms with Gasteiger partial charge in [-0.15, -0.1) is 0 Å². The van der Waals surface area contributed by atoms with Crippen LogP contribution in [0.1, 0.15) is 44.9 Å². The fraction of sp³-hybridized carbons (Fsp3) is 0.524. The lowest BCUT2D eigenvalue weighted by molar-refractivity contribution is 0.133. The Morgan fingerprint density at radius 1 is 1.11 bits per heavy atom. The summed E-state index contributed by atoms with van der Waals surface area (Å²) < 4.78 is 11.0. The highest BCUT2D eigenvalue weighted by Crippen LogP contribution is 2.36. The summed E-state index contributed by atoms with van der Waals surface area (Å²) in [6, 6.07) is 5.67. The predicted octanol–water partition coefficient (Wildman–Crippen LogP) is 4.95. The molecule has 2 heterocycles. The summed E-state index contributed by atoms with van der Waals surface area (Å²) in [5.41, 5.74) is 2.95. The van der Waals surface area contributed by atoms with Crippen LogP contribution in [0.2, 0.25) is 5.02 Å². The molecule has 0 atom stereocenters. The Bertz CT molecular complexity index is 809. The van der Waals surface area contributed by atoms with Crippen LogP contribution in [0, 0.1) is 0 Å². The third-order valence-corrected chi connectivity index (χ3v) is 5.14. The van der Waals surface area contributed by atoms with Crippen LogP contribution in [0.15, 0.2) is 18.2 Å². The van der Waals surface area contributed by atoms with Crippen LogP contribution in [0.3, 0.4) is 0 Å². The molecule has 28 heavy (non-hydrogen) atoms. The van der Waals surface area contributed by atoms with Crippen molar-refractivity contribution in [1.29, 1.82) is 0 Å². The zero-order valence-electron chi connectivity index (χ0n) is 17.2. The summed E-state index contributed by atoms with van der Waals surface area (Å²) in [4.78, 5) is 14.2. The number of hydrogen-bond acceptors (Lipinski definition) is 6. The molecule has 6 nitrogen and oxygen atoms in total. The second-order valence-electron chi connectivity index (χ2n) is 6.81. The molecule has 0 radical (unpaired) electrons. The predicted molar refractivity (Wildman–Crippen MR) is 114 cm³/mol. The van der Waals surface area contributed by atoms with Crippen LogP contribution >= 0.6 is 11.6 Å². The monoisotopic (exact) mass is 404 g/mol. The highest BCUT2D eigenvalue weighted by atomic mass is 35.5. The van der Waals surface area contributed by atoms with E-state index in [1.54, 1.807) is 7.11 Å². The highest BCUT2D eigenvalue weighted by molar-refractivity contribution is 6.33. The summed E-state index contributed by atoms with van der Waals surface area (Å²) in [6.45, 7) is 10.2. The Morgan fingerprint density at radius 2 is 1.86 bits per heavy atom. The average molecular weight is 405 g/mol. The Balaban J connectivity index is 2.06. The van der Waals surface area contributed by atoms with Gasteiger partial charge in [0.1, 0.15) is 11.6 Å². The number of fused-ring (bicyclic) bond motifs is 1. The maximum atomic E-state index is 6.54. The number of benzene rings is 1. The largest absolute Gasteiger partial charge is 0.497 e. The summed E-state index contributed by atoms with van der Waals surface area (Å²) >= 11 is 6.54. The first-order chi connectivity index (χ1) is 13.6. The van der Waals surface area contributed by atoms with E-state index in [9.17, 15) is 0 Å². The molecule has 0 N–H and O–H groups in total. The van der Waals surface area contributed by atoms with E-state index in [1.165, 1.54) is 0 Å². The van der Waals surface area contributed by atoms with E-state index in [-0.39, 0.29) is 0 Å². The summed E-state index contributed by atoms with van der Waals surface area (Å²) in [5.74, 6) is 2.38. The lowest BCUT2D eigenvalue weighted by Crippen LogP contribution is -2.29. The number of halogens is 1. The van der Waals surface area contributed by atoms with E-state index in [4.69, 9.17) is 31.0 Å². The minimum atomic E-state index is 0.526. The van der Waals surface area contributed by atoms with Crippen LogP contribution in [0.5, 0.6) is 5.75 Å². The van der Waals surface area contributed by atoms with Gasteiger partial charge in [-0.1, -0.05) is 25.4 Å². The number of anilines is 3. The summed E-state index contributed by atoms with van der Waals surface area (Å²) in [6.07, 6.45) is 2.13. The molecule has 1 aliphatic heterocycles. The van der Waals surface area contributed by atoms with Crippen LogP contribution in [-0.2, 0) is 18.0 Å². The molecule has 1 aromatic carbocycles. The number of hydrogen-bond donors (Lipinski definition) is 0. The van der Waals surface area contributed by atoms with Gasteiger partial charge in [-0.2, -0.15) is 4.98 Å². The van der Waals surface area contributed by atoms with Gasteiger partial charge in [0.25, 0.3) is 0 Å².